The van der Waals surface area contributed by atoms with Crippen molar-refractivity contribution in [3.63, 3.8) is 0 Å². The van der Waals surface area contributed by atoms with E-state index in [0.717, 1.165) is 22.3 Å². The van der Waals surface area contributed by atoms with Gasteiger partial charge in [-0.2, -0.15) is 0 Å². The lowest BCUT2D eigenvalue weighted by Gasteiger charge is -2.14. The molecule has 1 aliphatic rings. The smallest absolute Gasteiger partial charge is 0.409 e. The maximum Gasteiger partial charge on any atom is 0.409 e. The standard InChI is InChI=1S/C24H21N3O3/c1-16-9-8-14-19-20(16)26-23(28)22(25-21(19)18-12-6-3-7-13-18)27-24(29)30-15-17-10-4-2-5-11-17/h2-14,22H,15H2,1H3,(H,26,28)(H,27,29)/t22-/m1/s1. The lowest BCUT2D eigenvalue weighted by atomic mass is 9.98. The number of fused-ring (bicyclic) bond motifs is 1. The van der Waals surface area contributed by atoms with Crippen LogP contribution in [0.15, 0.2) is 83.9 Å². The molecule has 1 aliphatic heterocycles. The van der Waals surface area contributed by atoms with E-state index in [4.69, 9.17) is 4.74 Å². The second-order valence-corrected chi connectivity index (χ2v) is 6.94. The van der Waals surface area contributed by atoms with Gasteiger partial charge in [0.2, 0.25) is 6.17 Å². The molecule has 0 spiro atoms. The molecule has 3 aromatic carbocycles. The molecule has 6 heteroatoms. The lowest BCUT2D eigenvalue weighted by molar-refractivity contribution is -0.117. The summed E-state index contributed by atoms with van der Waals surface area (Å²) in [5, 5.41) is 5.47. The van der Waals surface area contributed by atoms with Gasteiger partial charge in [0.25, 0.3) is 5.91 Å². The van der Waals surface area contributed by atoms with Crippen LogP contribution in [0.3, 0.4) is 0 Å². The van der Waals surface area contributed by atoms with Gasteiger partial charge in [-0.1, -0.05) is 78.9 Å². The van der Waals surface area contributed by atoms with Crippen molar-refractivity contribution in [1.29, 1.82) is 0 Å². The number of benzene rings is 3. The van der Waals surface area contributed by atoms with Crippen molar-refractivity contribution in [3.8, 4) is 0 Å². The van der Waals surface area contributed by atoms with Gasteiger partial charge < -0.3 is 10.1 Å². The molecule has 0 bridgehead atoms. The van der Waals surface area contributed by atoms with E-state index in [1.54, 1.807) is 0 Å². The quantitative estimate of drug-likeness (QED) is 0.695. The number of aliphatic imine (C=N–C) groups is 1. The zero-order valence-corrected chi connectivity index (χ0v) is 16.5. The largest absolute Gasteiger partial charge is 0.445 e. The summed E-state index contributed by atoms with van der Waals surface area (Å²) in [4.78, 5) is 29.8. The van der Waals surface area contributed by atoms with Crippen LogP contribution >= 0.6 is 0 Å². The minimum atomic E-state index is -1.12. The fraction of sp³-hybridized carbons (Fsp3) is 0.125. The molecule has 2 amide bonds. The third-order valence-corrected chi connectivity index (χ3v) is 4.80. The van der Waals surface area contributed by atoms with Gasteiger partial charge in [0.1, 0.15) is 6.61 Å². The Balaban J connectivity index is 1.61. The van der Waals surface area contributed by atoms with E-state index in [9.17, 15) is 9.59 Å². The van der Waals surface area contributed by atoms with E-state index >= 15 is 0 Å². The number of ether oxygens (including phenoxy) is 1. The average Bonchev–Trinajstić information content (AvgIpc) is 2.91. The molecule has 0 aliphatic carbocycles. The number of nitrogens with zero attached hydrogens (tertiary/aromatic N) is 1. The Morgan fingerprint density at radius 1 is 1.00 bits per heavy atom. The maximum absolute atomic E-state index is 12.8. The van der Waals surface area contributed by atoms with E-state index in [1.807, 2.05) is 85.8 Å². The van der Waals surface area contributed by atoms with E-state index in [1.165, 1.54) is 0 Å². The first-order chi connectivity index (χ1) is 14.6. The van der Waals surface area contributed by atoms with Crippen molar-refractivity contribution in [3.05, 3.63) is 101 Å². The first-order valence-electron chi connectivity index (χ1n) is 9.63. The first kappa shape index (κ1) is 19.4. The fourth-order valence-corrected chi connectivity index (χ4v) is 3.28. The Labute approximate surface area is 174 Å². The summed E-state index contributed by atoms with van der Waals surface area (Å²) in [6, 6.07) is 24.7. The number of hydrogen-bond donors (Lipinski definition) is 2. The van der Waals surface area contributed by atoms with Crippen LogP contribution in [0, 0.1) is 6.92 Å². The Hall–Kier alpha value is -3.93. The van der Waals surface area contributed by atoms with Gasteiger partial charge in [0, 0.05) is 11.1 Å². The van der Waals surface area contributed by atoms with Crippen LogP contribution in [-0.2, 0) is 16.1 Å². The third-order valence-electron chi connectivity index (χ3n) is 4.80. The number of amides is 2. The number of anilines is 1. The Morgan fingerprint density at radius 3 is 2.43 bits per heavy atom. The third kappa shape index (κ3) is 4.22. The normalized spacial score (nSPS) is 15.3. The second kappa shape index (κ2) is 8.61. The summed E-state index contributed by atoms with van der Waals surface area (Å²) < 4.78 is 5.26. The molecule has 0 saturated carbocycles. The van der Waals surface area contributed by atoms with Crippen molar-refractivity contribution < 1.29 is 14.3 Å². The molecule has 3 aromatic rings. The van der Waals surface area contributed by atoms with E-state index in [-0.39, 0.29) is 6.61 Å². The van der Waals surface area contributed by atoms with Gasteiger partial charge in [0.05, 0.1) is 11.4 Å². The minimum Gasteiger partial charge on any atom is -0.445 e. The number of carbonyl (C=O) groups is 2. The van der Waals surface area contributed by atoms with Crippen LogP contribution in [0.1, 0.15) is 22.3 Å². The summed E-state index contributed by atoms with van der Waals surface area (Å²) in [6.45, 7) is 2.03. The average molecular weight is 399 g/mol. The van der Waals surface area contributed by atoms with E-state index < -0.39 is 18.2 Å². The molecule has 0 radical (unpaired) electrons. The Morgan fingerprint density at radius 2 is 1.70 bits per heavy atom. The van der Waals surface area contributed by atoms with Gasteiger partial charge in [-0.05, 0) is 18.1 Å². The number of para-hydroxylation sites is 1. The fourth-order valence-electron chi connectivity index (χ4n) is 3.28. The summed E-state index contributed by atoms with van der Waals surface area (Å²) >= 11 is 0. The van der Waals surface area contributed by atoms with Gasteiger partial charge in [-0.3, -0.25) is 10.1 Å². The highest BCUT2D eigenvalue weighted by molar-refractivity contribution is 6.20. The van der Waals surface area contributed by atoms with E-state index in [2.05, 4.69) is 15.6 Å². The Bertz CT molecular complexity index is 1100. The maximum atomic E-state index is 12.8. The summed E-state index contributed by atoms with van der Waals surface area (Å²) in [7, 11) is 0. The SMILES string of the molecule is Cc1cccc2c1NC(=O)[C@@H](NC(=O)OCc1ccccc1)N=C2c1ccccc1. The zero-order valence-electron chi connectivity index (χ0n) is 16.5. The number of aryl methyl sites for hydroxylation is 1. The molecular formula is C24H21N3O3. The molecule has 0 fully saturated rings. The number of carbonyl (C=O) groups excluding carboxylic acids is 2. The molecule has 0 unspecified atom stereocenters. The summed E-state index contributed by atoms with van der Waals surface area (Å²) in [6.07, 6.45) is -1.83. The van der Waals surface area contributed by atoms with Gasteiger partial charge in [-0.15, -0.1) is 0 Å². The molecule has 2 N–H and O–H groups in total. The Kier molecular flexibility index (Phi) is 5.57. The van der Waals surface area contributed by atoms with Crippen LogP contribution < -0.4 is 10.6 Å². The molecule has 1 atom stereocenters. The summed E-state index contributed by atoms with van der Waals surface area (Å²) in [5.74, 6) is -0.423. The van der Waals surface area contributed by atoms with Crippen LogP contribution in [0.4, 0.5) is 10.5 Å². The molecular weight excluding hydrogens is 378 g/mol. The zero-order chi connectivity index (χ0) is 20.9. The second-order valence-electron chi connectivity index (χ2n) is 6.94. The minimum absolute atomic E-state index is 0.107. The number of alkyl carbamates (subject to hydrolysis) is 1. The first-order valence-corrected chi connectivity index (χ1v) is 9.63. The number of rotatable bonds is 4. The van der Waals surface area contributed by atoms with Gasteiger partial charge in [0.15, 0.2) is 0 Å². The predicted molar refractivity (Wildman–Crippen MR) is 115 cm³/mol. The number of benzodiazepines with no additional fused rings is 1. The van der Waals surface area contributed by atoms with Crippen molar-refractivity contribution in [2.45, 2.75) is 19.7 Å². The van der Waals surface area contributed by atoms with Crippen molar-refractivity contribution >= 4 is 23.4 Å². The molecule has 30 heavy (non-hydrogen) atoms. The molecule has 1 heterocycles. The summed E-state index contributed by atoms with van der Waals surface area (Å²) in [5.41, 5.74) is 4.74. The number of nitrogens with one attached hydrogen (secondary N) is 2. The topological polar surface area (TPSA) is 79.8 Å². The predicted octanol–water partition coefficient (Wildman–Crippen LogP) is 4.04. The van der Waals surface area contributed by atoms with Crippen molar-refractivity contribution in [2.75, 3.05) is 5.32 Å². The van der Waals surface area contributed by atoms with Crippen LogP contribution in [0.5, 0.6) is 0 Å². The van der Waals surface area contributed by atoms with Crippen molar-refractivity contribution in [1.82, 2.24) is 5.32 Å². The van der Waals surface area contributed by atoms with Crippen LogP contribution in [-0.4, -0.2) is 23.9 Å². The molecule has 0 aromatic heterocycles. The number of hydrogen-bond acceptors (Lipinski definition) is 4. The highest BCUT2D eigenvalue weighted by Gasteiger charge is 2.28. The molecule has 4 rings (SSSR count). The molecule has 150 valence electrons. The highest BCUT2D eigenvalue weighted by Crippen LogP contribution is 2.27. The van der Waals surface area contributed by atoms with Gasteiger partial charge >= 0.3 is 6.09 Å². The highest BCUT2D eigenvalue weighted by atomic mass is 16.5. The van der Waals surface area contributed by atoms with Crippen LogP contribution in [0.2, 0.25) is 0 Å². The lowest BCUT2D eigenvalue weighted by Crippen LogP contribution is -2.42. The van der Waals surface area contributed by atoms with Crippen molar-refractivity contribution in [2.24, 2.45) is 4.99 Å². The molecule has 0 saturated heterocycles. The van der Waals surface area contributed by atoms with Gasteiger partial charge in [-0.25, -0.2) is 9.79 Å². The van der Waals surface area contributed by atoms with E-state index in [0.29, 0.717) is 11.4 Å². The van der Waals surface area contributed by atoms with Crippen LogP contribution in [0.25, 0.3) is 0 Å². The monoisotopic (exact) mass is 399 g/mol. The molecule has 6 nitrogen and oxygen atoms in total.